The third kappa shape index (κ3) is 8.45. The van der Waals surface area contributed by atoms with Crippen LogP contribution < -0.4 is 31.0 Å². The van der Waals surface area contributed by atoms with E-state index in [0.717, 1.165) is 25.0 Å². The molecule has 0 spiro atoms. The van der Waals surface area contributed by atoms with Crippen LogP contribution in [0.4, 0.5) is 15.3 Å². The molecule has 3 atom stereocenters. The molecule has 3 N–H and O–H groups in total. The molecule has 0 bridgehead atoms. The van der Waals surface area contributed by atoms with Gasteiger partial charge < -0.3 is 34.6 Å². The third-order valence-electron chi connectivity index (χ3n) is 7.24. The lowest BCUT2D eigenvalue weighted by Crippen LogP contribution is -2.36. The molecule has 0 aliphatic carbocycles. The number of unbranched alkanes of at least 4 members (excludes halogenated alkanes) is 1. The summed E-state index contributed by atoms with van der Waals surface area (Å²) in [5, 5.41) is 20.4. The zero-order chi connectivity index (χ0) is 31.9. The van der Waals surface area contributed by atoms with Gasteiger partial charge in [0, 0.05) is 52.6 Å². The van der Waals surface area contributed by atoms with Crippen LogP contribution in [0.25, 0.3) is 11.0 Å². The first kappa shape index (κ1) is 32.1. The molecular weight excluding hydrogens is 676 g/mol. The van der Waals surface area contributed by atoms with Crippen molar-refractivity contribution in [1.82, 2.24) is 16.0 Å². The fourth-order valence-corrected chi connectivity index (χ4v) is 7.07. The van der Waals surface area contributed by atoms with E-state index in [1.807, 2.05) is 11.8 Å². The topological polar surface area (TPSA) is 188 Å². The van der Waals surface area contributed by atoms with Crippen LogP contribution in [-0.2, 0) is 16.1 Å². The maximum Gasteiger partial charge on any atom is 0.514 e. The lowest BCUT2D eigenvalue weighted by molar-refractivity contribution is -0.384. The van der Waals surface area contributed by atoms with Crippen LogP contribution in [-0.4, -0.2) is 59.3 Å². The van der Waals surface area contributed by atoms with Crippen LogP contribution in [0.15, 0.2) is 56.1 Å². The van der Waals surface area contributed by atoms with Gasteiger partial charge in [0.05, 0.1) is 28.0 Å². The van der Waals surface area contributed by atoms with E-state index in [1.165, 1.54) is 36.4 Å². The predicted octanol–water partition coefficient (Wildman–Crippen LogP) is 4.40. The van der Waals surface area contributed by atoms with Gasteiger partial charge in [-0.2, -0.15) is 11.8 Å². The minimum atomic E-state index is -1.06. The van der Waals surface area contributed by atoms with Crippen molar-refractivity contribution in [3.8, 4) is 11.5 Å². The second-order valence-electron chi connectivity index (χ2n) is 10.3. The molecule has 2 saturated heterocycles. The monoisotopic (exact) mass is 704 g/mol. The van der Waals surface area contributed by atoms with Crippen molar-refractivity contribution in [3.05, 3.63) is 73.0 Å². The number of thioether (sulfide) groups is 1. The zero-order valence-corrected chi connectivity index (χ0v) is 26.1. The summed E-state index contributed by atoms with van der Waals surface area (Å²) in [6, 6.07) is 9.53. The molecule has 5 rings (SSSR count). The Morgan fingerprint density at radius 2 is 1.93 bits per heavy atom. The average Bonchev–Trinajstić information content (AvgIpc) is 3.56. The summed E-state index contributed by atoms with van der Waals surface area (Å²) < 4.78 is 21.8. The zero-order valence-electron chi connectivity index (χ0n) is 23.7. The van der Waals surface area contributed by atoms with Crippen molar-refractivity contribution < 1.29 is 37.9 Å². The minimum Gasteiger partial charge on any atom is -0.490 e. The number of urea groups is 1. The van der Waals surface area contributed by atoms with E-state index in [2.05, 4.69) is 31.9 Å². The Bertz CT molecular complexity index is 1650. The van der Waals surface area contributed by atoms with Crippen LogP contribution >= 0.6 is 27.7 Å². The smallest absolute Gasteiger partial charge is 0.490 e. The van der Waals surface area contributed by atoms with Crippen molar-refractivity contribution in [3.63, 3.8) is 0 Å². The Morgan fingerprint density at radius 1 is 1.13 bits per heavy atom. The molecule has 45 heavy (non-hydrogen) atoms. The van der Waals surface area contributed by atoms with Gasteiger partial charge in [-0.3, -0.25) is 14.9 Å². The number of nitro benzene ring substituents is 1. The largest absolute Gasteiger partial charge is 0.514 e. The fraction of sp³-hybridized carbons (Fsp3) is 0.379. The highest BCUT2D eigenvalue weighted by atomic mass is 79.9. The number of nitro groups is 1. The number of ether oxygens (including phenoxy) is 3. The van der Waals surface area contributed by atoms with Crippen molar-refractivity contribution >= 4 is 62.4 Å². The second kappa shape index (κ2) is 14.6. The Hall–Kier alpha value is -4.31. The molecule has 0 radical (unpaired) electrons. The highest BCUT2D eigenvalue weighted by Gasteiger charge is 2.42. The highest BCUT2D eigenvalue weighted by molar-refractivity contribution is 9.10. The molecule has 0 saturated carbocycles. The fourth-order valence-electron chi connectivity index (χ4n) is 5.07. The van der Waals surface area contributed by atoms with Gasteiger partial charge >= 0.3 is 17.8 Å². The second-order valence-corrected chi connectivity index (χ2v) is 12.5. The van der Waals surface area contributed by atoms with Gasteiger partial charge in [-0.1, -0.05) is 6.42 Å². The number of non-ortho nitro benzene ring substituents is 1. The van der Waals surface area contributed by atoms with Crippen LogP contribution in [0.2, 0.25) is 0 Å². The van der Waals surface area contributed by atoms with Crippen molar-refractivity contribution in [2.45, 2.75) is 49.6 Å². The van der Waals surface area contributed by atoms with E-state index >= 15 is 0 Å². The molecule has 238 valence electrons. The summed E-state index contributed by atoms with van der Waals surface area (Å²) in [4.78, 5) is 58.3. The van der Waals surface area contributed by atoms with Gasteiger partial charge in [-0.25, -0.2) is 14.4 Å². The molecular formula is C29H29BrN4O10S. The van der Waals surface area contributed by atoms with Gasteiger partial charge in [0.25, 0.3) is 5.69 Å². The third-order valence-corrected chi connectivity index (χ3v) is 9.37. The van der Waals surface area contributed by atoms with E-state index in [-0.39, 0.29) is 60.8 Å². The summed E-state index contributed by atoms with van der Waals surface area (Å²) in [6.45, 7) is 0.144. The predicted molar refractivity (Wildman–Crippen MR) is 167 cm³/mol. The normalized spacial score (nSPS) is 18.5. The maximum atomic E-state index is 12.3. The number of rotatable bonds is 13. The first-order valence-electron chi connectivity index (χ1n) is 14.1. The molecule has 2 aromatic carbocycles. The molecule has 3 heterocycles. The molecule has 3 amide bonds. The van der Waals surface area contributed by atoms with E-state index in [1.54, 1.807) is 6.07 Å². The van der Waals surface area contributed by atoms with Gasteiger partial charge in [0.2, 0.25) is 5.91 Å². The van der Waals surface area contributed by atoms with Gasteiger partial charge in [0.15, 0.2) is 0 Å². The maximum absolute atomic E-state index is 12.3. The molecule has 3 unspecified atom stereocenters. The number of hydrogen-bond acceptors (Lipinski definition) is 11. The van der Waals surface area contributed by atoms with Crippen LogP contribution in [0, 0.1) is 10.1 Å². The Labute approximate surface area is 268 Å². The number of amides is 3. The summed E-state index contributed by atoms with van der Waals surface area (Å²) in [6.07, 6.45) is 1.92. The minimum absolute atomic E-state index is 0.0551. The SMILES string of the molecule is O=C(CCCCC1SCC2NC(=O)NC21)NCCOc1cc2oc(=O)cc(COC(=O)Oc3ccc([N+](=O)[O-])cc3)c2cc1Br. The van der Waals surface area contributed by atoms with E-state index in [4.69, 9.17) is 18.6 Å². The van der Waals surface area contributed by atoms with Gasteiger partial charge in [0.1, 0.15) is 30.3 Å². The molecule has 1 aromatic heterocycles. The molecule has 14 nitrogen and oxygen atoms in total. The standard InChI is InChI=1S/C29H29BrN4O10S/c30-20-12-19-16(14-42-29(38)43-18-7-5-17(6-8-18)34(39)40)11-26(36)44-22(19)13-23(20)41-10-9-31-25(35)4-2-1-3-24-27-21(15-45-24)32-28(37)33-27/h5-8,11-13,21,24,27H,1-4,9-10,14-15H2,(H,31,35)(H2,32,33,37). The Kier molecular flexibility index (Phi) is 10.4. The highest BCUT2D eigenvalue weighted by Crippen LogP contribution is 2.34. The Morgan fingerprint density at radius 3 is 2.71 bits per heavy atom. The number of fused-ring (bicyclic) bond motifs is 2. The summed E-state index contributed by atoms with van der Waals surface area (Å²) in [5.74, 6) is 1.27. The first-order chi connectivity index (χ1) is 21.7. The van der Waals surface area contributed by atoms with Gasteiger partial charge in [-0.05, 0) is 47.0 Å². The van der Waals surface area contributed by atoms with Crippen molar-refractivity contribution in [2.24, 2.45) is 0 Å². The number of nitrogens with zero attached hydrogens (tertiary/aromatic N) is 1. The van der Waals surface area contributed by atoms with E-state index < -0.39 is 16.7 Å². The number of nitrogens with one attached hydrogen (secondary N) is 3. The van der Waals surface area contributed by atoms with E-state index in [0.29, 0.717) is 32.8 Å². The lowest BCUT2D eigenvalue weighted by Gasteiger charge is -2.16. The quantitative estimate of drug-likeness (QED) is 0.0435. The number of carbonyl (C=O) groups excluding carboxylic acids is 3. The van der Waals surface area contributed by atoms with Crippen molar-refractivity contribution in [2.75, 3.05) is 18.9 Å². The number of carbonyl (C=O) groups is 3. The summed E-state index contributed by atoms with van der Waals surface area (Å²) in [7, 11) is 0. The molecule has 2 aliphatic rings. The van der Waals surface area contributed by atoms with Gasteiger partial charge in [-0.15, -0.1) is 0 Å². The van der Waals surface area contributed by atoms with Crippen LogP contribution in [0.3, 0.4) is 0 Å². The number of hydrogen-bond donors (Lipinski definition) is 3. The lowest BCUT2D eigenvalue weighted by atomic mass is 10.0. The molecule has 2 aliphatic heterocycles. The molecule has 2 fully saturated rings. The average molecular weight is 706 g/mol. The first-order valence-corrected chi connectivity index (χ1v) is 15.9. The number of benzene rings is 2. The number of halogens is 1. The van der Waals surface area contributed by atoms with Crippen molar-refractivity contribution in [1.29, 1.82) is 0 Å². The van der Waals surface area contributed by atoms with Crippen LogP contribution in [0.5, 0.6) is 11.5 Å². The molecule has 16 heteroatoms. The summed E-state index contributed by atoms with van der Waals surface area (Å²) in [5.41, 5.74) is -0.262. The summed E-state index contributed by atoms with van der Waals surface area (Å²) >= 11 is 5.30. The van der Waals surface area contributed by atoms with E-state index in [9.17, 15) is 29.3 Å². The Balaban J connectivity index is 1.05. The molecule has 3 aromatic rings. The van der Waals surface area contributed by atoms with Crippen LogP contribution in [0.1, 0.15) is 31.2 Å².